The van der Waals surface area contributed by atoms with Crippen LogP contribution in [0, 0.1) is 18.6 Å². The van der Waals surface area contributed by atoms with Crippen molar-refractivity contribution < 1.29 is 17.8 Å². The molecule has 1 unspecified atom stereocenters. The lowest BCUT2D eigenvalue weighted by atomic mass is 10.1. The number of carbonyl (C=O) groups excluding carboxylic acids is 1. The molecule has 104 valence electrons. The van der Waals surface area contributed by atoms with Crippen LogP contribution in [0.1, 0.15) is 15.9 Å². The number of ketones is 1. The van der Waals surface area contributed by atoms with E-state index in [1.54, 1.807) is 24.3 Å². The molecule has 0 aliphatic heterocycles. The maximum Gasteiger partial charge on any atom is 0.181 e. The third kappa shape index (κ3) is 3.17. The summed E-state index contributed by atoms with van der Waals surface area (Å²) >= 11 is 0. The van der Waals surface area contributed by atoms with Crippen LogP contribution in [0.5, 0.6) is 0 Å². The van der Waals surface area contributed by atoms with Crippen molar-refractivity contribution in [3.8, 4) is 0 Å². The lowest BCUT2D eigenvalue weighted by Crippen LogP contribution is -2.14. The summed E-state index contributed by atoms with van der Waals surface area (Å²) in [6, 6.07) is 9.99. The van der Waals surface area contributed by atoms with Gasteiger partial charge in [0.25, 0.3) is 0 Å². The molecule has 2 aromatic carbocycles. The van der Waals surface area contributed by atoms with Gasteiger partial charge in [0.2, 0.25) is 0 Å². The second kappa shape index (κ2) is 6.05. The van der Waals surface area contributed by atoms with Gasteiger partial charge < -0.3 is 0 Å². The maximum absolute atomic E-state index is 13.4. The zero-order valence-electron chi connectivity index (χ0n) is 10.7. The van der Waals surface area contributed by atoms with E-state index in [1.165, 1.54) is 6.07 Å². The Bertz CT molecular complexity index is 646. The molecular formula is C15H12F2O2S. The fourth-order valence-corrected chi connectivity index (χ4v) is 2.72. The van der Waals surface area contributed by atoms with Crippen molar-refractivity contribution in [3.63, 3.8) is 0 Å². The average Bonchev–Trinajstić information content (AvgIpc) is 2.39. The highest BCUT2D eigenvalue weighted by Crippen LogP contribution is 2.15. The molecule has 0 saturated carbocycles. The molecule has 0 spiro atoms. The van der Waals surface area contributed by atoms with Gasteiger partial charge in [0, 0.05) is 4.90 Å². The van der Waals surface area contributed by atoms with Gasteiger partial charge in [-0.15, -0.1) is 0 Å². The highest BCUT2D eigenvalue weighted by atomic mass is 32.2. The first kappa shape index (κ1) is 14.5. The number of aryl methyl sites for hydroxylation is 1. The van der Waals surface area contributed by atoms with Gasteiger partial charge in [-0.2, -0.15) is 0 Å². The summed E-state index contributed by atoms with van der Waals surface area (Å²) in [4.78, 5) is 12.3. The number of hydrogen-bond donors (Lipinski definition) is 0. The second-order valence-electron chi connectivity index (χ2n) is 4.32. The third-order valence-electron chi connectivity index (χ3n) is 2.79. The number of rotatable bonds is 4. The van der Waals surface area contributed by atoms with Crippen molar-refractivity contribution in [2.45, 2.75) is 11.8 Å². The van der Waals surface area contributed by atoms with Crippen LogP contribution >= 0.6 is 0 Å². The molecule has 0 heterocycles. The monoisotopic (exact) mass is 294 g/mol. The number of halogens is 2. The molecule has 0 saturated heterocycles. The highest BCUT2D eigenvalue weighted by molar-refractivity contribution is 7.85. The normalized spacial score (nSPS) is 12.2. The molecule has 20 heavy (non-hydrogen) atoms. The minimum atomic E-state index is -1.62. The Hall–Kier alpha value is -1.88. The summed E-state index contributed by atoms with van der Waals surface area (Å²) in [7, 11) is -1.62. The Morgan fingerprint density at radius 2 is 1.60 bits per heavy atom. The quantitative estimate of drug-likeness (QED) is 0.811. The molecule has 1 atom stereocenters. The van der Waals surface area contributed by atoms with Gasteiger partial charge in [-0.25, -0.2) is 8.78 Å². The second-order valence-corrected chi connectivity index (χ2v) is 5.77. The summed E-state index contributed by atoms with van der Waals surface area (Å²) < 4.78 is 38.9. The zero-order valence-corrected chi connectivity index (χ0v) is 11.5. The molecule has 0 aliphatic carbocycles. The van der Waals surface area contributed by atoms with Gasteiger partial charge in [-0.3, -0.25) is 9.00 Å². The van der Waals surface area contributed by atoms with Crippen LogP contribution in [0.2, 0.25) is 0 Å². The highest BCUT2D eigenvalue weighted by Gasteiger charge is 2.19. The topological polar surface area (TPSA) is 34.1 Å². The van der Waals surface area contributed by atoms with Crippen LogP contribution in [0.25, 0.3) is 0 Å². The molecule has 0 fully saturated rings. The lowest BCUT2D eigenvalue weighted by molar-refractivity contribution is 0.101. The van der Waals surface area contributed by atoms with Gasteiger partial charge >= 0.3 is 0 Å². The van der Waals surface area contributed by atoms with Crippen LogP contribution in [0.3, 0.4) is 0 Å². The Morgan fingerprint density at radius 1 is 1.05 bits per heavy atom. The van der Waals surface area contributed by atoms with Crippen LogP contribution in [0.15, 0.2) is 47.4 Å². The molecule has 0 N–H and O–H groups in total. The van der Waals surface area contributed by atoms with Gasteiger partial charge in [0.1, 0.15) is 11.6 Å². The summed E-state index contributed by atoms with van der Waals surface area (Å²) in [5, 5.41) is 0. The molecule has 0 bridgehead atoms. The first-order valence-corrected chi connectivity index (χ1v) is 7.23. The fraction of sp³-hybridized carbons (Fsp3) is 0.133. The van der Waals surface area contributed by atoms with Crippen molar-refractivity contribution in [1.29, 1.82) is 0 Å². The lowest BCUT2D eigenvalue weighted by Gasteiger charge is -2.05. The van der Waals surface area contributed by atoms with Crippen molar-refractivity contribution in [1.82, 2.24) is 0 Å². The molecule has 2 nitrogen and oxygen atoms in total. The van der Waals surface area contributed by atoms with Gasteiger partial charge in [0.15, 0.2) is 5.78 Å². The standard InChI is InChI=1S/C15H12F2O2S/c1-10-5-7-11(8-6-10)20(19)9-14(18)15-12(16)3-2-4-13(15)17/h2-8H,9H2,1H3. The largest absolute Gasteiger partial charge is 0.293 e. The van der Waals surface area contributed by atoms with Crippen molar-refractivity contribution in [3.05, 3.63) is 65.2 Å². The minimum absolute atomic E-state index is 0.444. The first-order chi connectivity index (χ1) is 9.49. The summed E-state index contributed by atoms with van der Waals surface area (Å²) in [5.74, 6) is -3.12. The molecule has 0 aliphatic rings. The Balaban J connectivity index is 2.20. The van der Waals surface area contributed by atoms with Gasteiger partial charge in [-0.1, -0.05) is 23.8 Å². The van der Waals surface area contributed by atoms with E-state index in [-0.39, 0.29) is 0 Å². The predicted molar refractivity (Wildman–Crippen MR) is 73.1 cm³/mol. The van der Waals surface area contributed by atoms with Crippen LogP contribution in [-0.4, -0.2) is 15.7 Å². The number of hydrogen-bond acceptors (Lipinski definition) is 2. The van der Waals surface area contributed by atoms with Crippen LogP contribution in [-0.2, 0) is 10.8 Å². The Kier molecular flexibility index (Phi) is 4.39. The molecule has 2 aromatic rings. The molecule has 0 aromatic heterocycles. The first-order valence-electron chi connectivity index (χ1n) is 5.91. The third-order valence-corrected chi connectivity index (χ3v) is 4.11. The molecular weight excluding hydrogens is 282 g/mol. The van der Waals surface area contributed by atoms with Crippen LogP contribution in [0.4, 0.5) is 8.78 Å². The number of benzene rings is 2. The fourth-order valence-electron chi connectivity index (χ4n) is 1.73. The van der Waals surface area contributed by atoms with Gasteiger partial charge in [-0.05, 0) is 31.2 Å². The zero-order chi connectivity index (χ0) is 14.7. The Labute approximate surface area is 117 Å². The van der Waals surface area contributed by atoms with E-state index in [9.17, 15) is 17.8 Å². The number of carbonyl (C=O) groups is 1. The van der Waals surface area contributed by atoms with Gasteiger partial charge in [0.05, 0.1) is 22.1 Å². The smallest absolute Gasteiger partial charge is 0.181 e. The summed E-state index contributed by atoms with van der Waals surface area (Å²) in [6.45, 7) is 1.88. The van der Waals surface area contributed by atoms with Crippen LogP contribution < -0.4 is 0 Å². The average molecular weight is 294 g/mol. The van der Waals surface area contributed by atoms with E-state index >= 15 is 0 Å². The predicted octanol–water partition coefficient (Wildman–Crippen LogP) is 3.26. The van der Waals surface area contributed by atoms with E-state index in [0.717, 1.165) is 17.7 Å². The Morgan fingerprint density at radius 3 is 2.15 bits per heavy atom. The minimum Gasteiger partial charge on any atom is -0.293 e. The molecule has 0 amide bonds. The summed E-state index contributed by atoms with van der Waals surface area (Å²) in [5.41, 5.74) is 0.366. The van der Waals surface area contributed by atoms with E-state index < -0.39 is 39.5 Å². The van der Waals surface area contributed by atoms with E-state index in [0.29, 0.717) is 4.90 Å². The van der Waals surface area contributed by atoms with E-state index in [4.69, 9.17) is 0 Å². The van der Waals surface area contributed by atoms with Crippen molar-refractivity contribution in [2.75, 3.05) is 5.75 Å². The molecule has 5 heteroatoms. The molecule has 2 rings (SSSR count). The van der Waals surface area contributed by atoms with Crippen molar-refractivity contribution in [2.24, 2.45) is 0 Å². The number of Topliss-reactive ketones (excluding diaryl/α,β-unsaturated/α-hetero) is 1. The molecule has 0 radical (unpaired) electrons. The summed E-state index contributed by atoms with van der Waals surface area (Å²) in [6.07, 6.45) is 0. The SMILES string of the molecule is Cc1ccc(S(=O)CC(=O)c2c(F)cccc2F)cc1. The van der Waals surface area contributed by atoms with E-state index in [2.05, 4.69) is 0 Å². The van der Waals surface area contributed by atoms with Crippen molar-refractivity contribution >= 4 is 16.6 Å². The maximum atomic E-state index is 13.4. The van der Waals surface area contributed by atoms with E-state index in [1.807, 2.05) is 6.92 Å².